The molecule has 1 aliphatic carbocycles. The molecular formula is C9H18N2O3S. The zero-order chi connectivity index (χ0) is 11.5. The molecular weight excluding hydrogens is 216 g/mol. The second-order valence-corrected chi connectivity index (χ2v) is 6.10. The molecule has 1 unspecified atom stereocenters. The standard InChI is InChI=1S/C9H18N2O3S/c1-7(10)3-2-4-9(12)11-15(13,14)8-5-6-8/h7-8H,2-6,10H2,1H3,(H,11,12). The average Bonchev–Trinajstić information content (AvgIpc) is 2.83. The minimum absolute atomic E-state index is 0.0536. The van der Waals surface area contributed by atoms with Gasteiger partial charge in [-0.25, -0.2) is 8.42 Å². The average molecular weight is 234 g/mol. The number of carbonyl (C=O) groups is 1. The first kappa shape index (κ1) is 12.4. The third-order valence-corrected chi connectivity index (χ3v) is 4.14. The summed E-state index contributed by atoms with van der Waals surface area (Å²) in [6.45, 7) is 1.86. The largest absolute Gasteiger partial charge is 0.328 e. The molecule has 0 aromatic heterocycles. The van der Waals surface area contributed by atoms with Crippen LogP contribution < -0.4 is 10.5 Å². The zero-order valence-electron chi connectivity index (χ0n) is 8.90. The topological polar surface area (TPSA) is 89.3 Å². The number of rotatable bonds is 6. The first-order valence-corrected chi connectivity index (χ1v) is 6.76. The van der Waals surface area contributed by atoms with Gasteiger partial charge >= 0.3 is 0 Å². The molecule has 1 rings (SSSR count). The second kappa shape index (κ2) is 4.94. The molecule has 1 aliphatic rings. The molecule has 15 heavy (non-hydrogen) atoms. The van der Waals surface area contributed by atoms with Gasteiger partial charge in [-0.15, -0.1) is 0 Å². The van der Waals surface area contributed by atoms with Gasteiger partial charge in [0.1, 0.15) is 0 Å². The SMILES string of the molecule is CC(N)CCCC(=O)NS(=O)(=O)C1CC1. The number of sulfonamides is 1. The van der Waals surface area contributed by atoms with E-state index in [1.165, 1.54) is 0 Å². The Morgan fingerprint density at radius 2 is 2.13 bits per heavy atom. The van der Waals surface area contributed by atoms with Crippen LogP contribution in [0.4, 0.5) is 0 Å². The van der Waals surface area contributed by atoms with E-state index < -0.39 is 15.9 Å². The van der Waals surface area contributed by atoms with Crippen molar-refractivity contribution in [2.24, 2.45) is 5.73 Å². The number of nitrogens with two attached hydrogens (primary N) is 1. The quantitative estimate of drug-likeness (QED) is 0.682. The maximum atomic E-state index is 11.3. The normalized spacial score (nSPS) is 18.5. The van der Waals surface area contributed by atoms with Gasteiger partial charge in [-0.3, -0.25) is 9.52 Å². The molecule has 0 spiro atoms. The van der Waals surface area contributed by atoms with Gasteiger partial charge in [-0.1, -0.05) is 0 Å². The van der Waals surface area contributed by atoms with Crippen LogP contribution in [0.25, 0.3) is 0 Å². The van der Waals surface area contributed by atoms with Crippen LogP contribution in [0.1, 0.15) is 39.0 Å². The summed E-state index contributed by atoms with van der Waals surface area (Å²) in [4.78, 5) is 11.2. The molecule has 0 aromatic carbocycles. The van der Waals surface area contributed by atoms with Gasteiger partial charge in [0.25, 0.3) is 0 Å². The molecule has 1 saturated carbocycles. The minimum atomic E-state index is -3.37. The molecule has 1 fully saturated rings. The van der Waals surface area contributed by atoms with Crippen LogP contribution in [-0.2, 0) is 14.8 Å². The highest BCUT2D eigenvalue weighted by Gasteiger charge is 2.36. The van der Waals surface area contributed by atoms with E-state index in [0.717, 1.165) is 6.42 Å². The predicted octanol–water partition coefficient (Wildman–Crippen LogP) is 0.112. The summed E-state index contributed by atoms with van der Waals surface area (Å²) in [6, 6.07) is 0.0536. The van der Waals surface area contributed by atoms with Crippen LogP contribution in [0.3, 0.4) is 0 Å². The zero-order valence-corrected chi connectivity index (χ0v) is 9.72. The van der Waals surface area contributed by atoms with Crippen molar-refractivity contribution in [2.45, 2.75) is 50.3 Å². The van der Waals surface area contributed by atoms with E-state index in [2.05, 4.69) is 4.72 Å². The summed E-state index contributed by atoms with van der Waals surface area (Å²) in [6.07, 6.45) is 2.93. The molecule has 5 nitrogen and oxygen atoms in total. The summed E-state index contributed by atoms with van der Waals surface area (Å²) in [7, 11) is -3.37. The Bertz CT molecular complexity index is 320. The molecule has 1 atom stereocenters. The number of hydrogen-bond donors (Lipinski definition) is 2. The Hall–Kier alpha value is -0.620. The first-order valence-electron chi connectivity index (χ1n) is 5.22. The third kappa shape index (κ3) is 4.61. The third-order valence-electron chi connectivity index (χ3n) is 2.28. The van der Waals surface area contributed by atoms with Crippen molar-refractivity contribution in [3.8, 4) is 0 Å². The monoisotopic (exact) mass is 234 g/mol. The summed E-state index contributed by atoms with van der Waals surface area (Å²) >= 11 is 0. The predicted molar refractivity (Wildman–Crippen MR) is 57.6 cm³/mol. The number of nitrogens with one attached hydrogen (secondary N) is 1. The molecule has 1 amide bonds. The van der Waals surface area contributed by atoms with Crippen molar-refractivity contribution < 1.29 is 13.2 Å². The highest BCUT2D eigenvalue weighted by Crippen LogP contribution is 2.27. The van der Waals surface area contributed by atoms with Gasteiger partial charge < -0.3 is 5.73 Å². The molecule has 0 aliphatic heterocycles. The van der Waals surface area contributed by atoms with Crippen LogP contribution in [-0.4, -0.2) is 25.6 Å². The minimum Gasteiger partial charge on any atom is -0.328 e. The molecule has 0 aromatic rings. The van der Waals surface area contributed by atoms with Crippen molar-refractivity contribution in [3.63, 3.8) is 0 Å². The van der Waals surface area contributed by atoms with Crippen molar-refractivity contribution in [1.29, 1.82) is 0 Å². The number of amides is 1. The smallest absolute Gasteiger partial charge is 0.237 e. The van der Waals surface area contributed by atoms with E-state index in [0.29, 0.717) is 19.3 Å². The van der Waals surface area contributed by atoms with Crippen molar-refractivity contribution in [2.75, 3.05) is 0 Å². The summed E-state index contributed by atoms with van der Waals surface area (Å²) < 4.78 is 24.8. The fourth-order valence-corrected chi connectivity index (χ4v) is 2.60. The van der Waals surface area contributed by atoms with Crippen LogP contribution in [0.2, 0.25) is 0 Å². The highest BCUT2D eigenvalue weighted by molar-refractivity contribution is 7.90. The lowest BCUT2D eigenvalue weighted by Gasteiger charge is -2.06. The fourth-order valence-electron chi connectivity index (χ4n) is 1.26. The summed E-state index contributed by atoms with van der Waals surface area (Å²) in [5.41, 5.74) is 5.51. The Kier molecular flexibility index (Phi) is 4.10. The fraction of sp³-hybridized carbons (Fsp3) is 0.889. The maximum absolute atomic E-state index is 11.3. The van der Waals surface area contributed by atoms with Crippen LogP contribution in [0.15, 0.2) is 0 Å². The van der Waals surface area contributed by atoms with Crippen molar-refractivity contribution in [3.05, 3.63) is 0 Å². The van der Waals surface area contributed by atoms with E-state index in [9.17, 15) is 13.2 Å². The van der Waals surface area contributed by atoms with Gasteiger partial charge in [0.2, 0.25) is 15.9 Å². The Morgan fingerprint density at radius 3 is 2.60 bits per heavy atom. The van der Waals surface area contributed by atoms with E-state index in [1.54, 1.807) is 0 Å². The highest BCUT2D eigenvalue weighted by atomic mass is 32.2. The van der Waals surface area contributed by atoms with Gasteiger partial charge in [0, 0.05) is 12.5 Å². The van der Waals surface area contributed by atoms with Gasteiger partial charge in [-0.05, 0) is 32.6 Å². The van der Waals surface area contributed by atoms with E-state index >= 15 is 0 Å². The van der Waals surface area contributed by atoms with Gasteiger partial charge in [-0.2, -0.15) is 0 Å². The first-order chi connectivity index (χ1) is 6.92. The lowest BCUT2D eigenvalue weighted by molar-refractivity contribution is -0.119. The van der Waals surface area contributed by atoms with Crippen molar-refractivity contribution in [1.82, 2.24) is 4.72 Å². The molecule has 88 valence electrons. The molecule has 3 N–H and O–H groups in total. The van der Waals surface area contributed by atoms with Crippen LogP contribution >= 0.6 is 0 Å². The maximum Gasteiger partial charge on any atom is 0.237 e. The Balaban J connectivity index is 2.23. The Morgan fingerprint density at radius 1 is 1.53 bits per heavy atom. The number of carbonyl (C=O) groups excluding carboxylic acids is 1. The van der Waals surface area contributed by atoms with E-state index in [1.807, 2.05) is 6.92 Å². The lowest BCUT2D eigenvalue weighted by atomic mass is 10.1. The number of hydrogen-bond acceptors (Lipinski definition) is 4. The van der Waals surface area contributed by atoms with Gasteiger partial charge in [0.15, 0.2) is 0 Å². The molecule has 0 saturated heterocycles. The molecule has 6 heteroatoms. The molecule has 0 heterocycles. The Labute approximate surface area is 90.5 Å². The van der Waals surface area contributed by atoms with Gasteiger partial charge in [0.05, 0.1) is 5.25 Å². The van der Waals surface area contributed by atoms with Crippen molar-refractivity contribution >= 4 is 15.9 Å². The van der Waals surface area contributed by atoms with Crippen LogP contribution in [0.5, 0.6) is 0 Å². The van der Waals surface area contributed by atoms with E-state index in [4.69, 9.17) is 5.73 Å². The second-order valence-electron chi connectivity index (χ2n) is 4.14. The summed E-state index contributed by atoms with van der Waals surface area (Å²) in [5, 5.41) is -0.338. The lowest BCUT2D eigenvalue weighted by Crippen LogP contribution is -2.33. The molecule has 0 bridgehead atoms. The summed E-state index contributed by atoms with van der Waals surface area (Å²) in [5.74, 6) is -0.414. The van der Waals surface area contributed by atoms with E-state index in [-0.39, 0.29) is 17.7 Å². The van der Waals surface area contributed by atoms with Crippen LogP contribution in [0, 0.1) is 0 Å². The molecule has 0 radical (unpaired) electrons.